The minimum atomic E-state index is 0.596. The lowest BCUT2D eigenvalue weighted by Gasteiger charge is -2.27. The Morgan fingerprint density at radius 1 is 1.39 bits per heavy atom. The molecule has 1 saturated carbocycles. The average molecular weight is 261 g/mol. The molecule has 1 aromatic rings. The van der Waals surface area contributed by atoms with Gasteiger partial charge in [0.25, 0.3) is 0 Å². The number of hydrogen-bond donors (Lipinski definition) is 1. The minimum absolute atomic E-state index is 0.596. The standard InChI is InChI=1S/C16H23NS/c1-3-17-12(2)16(8-9-16)10-13-11-18-15-7-5-4-6-14(13)15/h4-7,12-13,17H,3,8-11H2,1-2H3. The van der Waals surface area contributed by atoms with Gasteiger partial charge in [-0.05, 0) is 55.7 Å². The number of hydrogen-bond acceptors (Lipinski definition) is 2. The Kier molecular flexibility index (Phi) is 3.42. The largest absolute Gasteiger partial charge is 0.314 e. The van der Waals surface area contributed by atoms with Gasteiger partial charge < -0.3 is 5.32 Å². The van der Waals surface area contributed by atoms with Crippen LogP contribution in [0.1, 0.15) is 44.6 Å². The van der Waals surface area contributed by atoms with Crippen LogP contribution in [0.15, 0.2) is 29.2 Å². The van der Waals surface area contributed by atoms with Gasteiger partial charge in [0.05, 0.1) is 0 Å². The highest BCUT2D eigenvalue weighted by molar-refractivity contribution is 7.99. The summed E-state index contributed by atoms with van der Waals surface area (Å²) in [5, 5.41) is 3.64. The molecular formula is C16H23NS. The molecule has 0 radical (unpaired) electrons. The zero-order valence-corrected chi connectivity index (χ0v) is 12.2. The lowest BCUT2D eigenvalue weighted by atomic mass is 9.84. The zero-order chi connectivity index (χ0) is 12.6. The van der Waals surface area contributed by atoms with Crippen molar-refractivity contribution in [2.24, 2.45) is 5.41 Å². The van der Waals surface area contributed by atoms with Crippen molar-refractivity contribution >= 4 is 11.8 Å². The summed E-state index contributed by atoms with van der Waals surface area (Å²) >= 11 is 2.05. The van der Waals surface area contributed by atoms with Crippen LogP contribution in [0, 0.1) is 5.41 Å². The lowest BCUT2D eigenvalue weighted by Crippen LogP contribution is -2.35. The second-order valence-corrected chi connectivity index (χ2v) is 6.95. The molecule has 1 nitrogen and oxygen atoms in total. The molecule has 0 saturated heterocycles. The molecule has 2 atom stereocenters. The van der Waals surface area contributed by atoms with Crippen LogP contribution in [0.2, 0.25) is 0 Å². The monoisotopic (exact) mass is 261 g/mol. The molecule has 3 rings (SSSR count). The average Bonchev–Trinajstić information content (AvgIpc) is 3.06. The minimum Gasteiger partial charge on any atom is -0.314 e. The van der Waals surface area contributed by atoms with E-state index in [1.807, 2.05) is 11.8 Å². The van der Waals surface area contributed by atoms with Crippen LogP contribution in [-0.4, -0.2) is 18.3 Å². The van der Waals surface area contributed by atoms with E-state index in [2.05, 4.69) is 43.4 Å². The summed E-state index contributed by atoms with van der Waals surface area (Å²) in [6, 6.07) is 9.68. The highest BCUT2D eigenvalue weighted by Gasteiger charge is 2.48. The molecule has 1 heterocycles. The van der Waals surface area contributed by atoms with Crippen molar-refractivity contribution in [3.63, 3.8) is 0 Å². The summed E-state index contributed by atoms with van der Waals surface area (Å²) in [5.41, 5.74) is 2.20. The molecule has 0 bridgehead atoms. The fourth-order valence-corrected chi connectivity index (χ4v) is 4.64. The molecule has 2 heteroatoms. The second kappa shape index (κ2) is 4.90. The topological polar surface area (TPSA) is 12.0 Å². The van der Waals surface area contributed by atoms with E-state index in [1.165, 1.54) is 29.9 Å². The van der Waals surface area contributed by atoms with E-state index in [-0.39, 0.29) is 0 Å². The summed E-state index contributed by atoms with van der Waals surface area (Å²) in [7, 11) is 0. The Labute approximate surface area is 115 Å². The third-order valence-electron chi connectivity index (χ3n) is 4.77. The van der Waals surface area contributed by atoms with Crippen LogP contribution in [0.4, 0.5) is 0 Å². The lowest BCUT2D eigenvalue weighted by molar-refractivity contribution is 0.318. The first-order valence-electron chi connectivity index (χ1n) is 7.20. The van der Waals surface area contributed by atoms with Gasteiger partial charge in [0.2, 0.25) is 0 Å². The first-order valence-corrected chi connectivity index (χ1v) is 8.19. The molecule has 98 valence electrons. The van der Waals surface area contributed by atoms with Crippen molar-refractivity contribution in [3.05, 3.63) is 29.8 Å². The molecule has 1 N–H and O–H groups in total. The molecule has 0 spiro atoms. The smallest absolute Gasteiger partial charge is 0.0107 e. The van der Waals surface area contributed by atoms with Crippen LogP contribution in [0.3, 0.4) is 0 Å². The van der Waals surface area contributed by atoms with Crippen LogP contribution in [0.25, 0.3) is 0 Å². The molecule has 2 aliphatic rings. The van der Waals surface area contributed by atoms with Gasteiger partial charge in [-0.1, -0.05) is 25.1 Å². The molecule has 1 fully saturated rings. The molecular weight excluding hydrogens is 238 g/mol. The third kappa shape index (κ3) is 2.21. The normalized spacial score (nSPS) is 25.8. The summed E-state index contributed by atoms with van der Waals surface area (Å²) in [4.78, 5) is 1.52. The van der Waals surface area contributed by atoms with Crippen molar-refractivity contribution in [1.82, 2.24) is 5.32 Å². The summed E-state index contributed by atoms with van der Waals surface area (Å²) in [5.74, 6) is 2.08. The van der Waals surface area contributed by atoms with Gasteiger partial charge in [-0.15, -0.1) is 11.8 Å². The maximum Gasteiger partial charge on any atom is 0.0107 e. The molecule has 1 aliphatic heterocycles. The summed E-state index contributed by atoms with van der Waals surface area (Å²) in [6.45, 7) is 5.69. The second-order valence-electron chi connectivity index (χ2n) is 5.89. The SMILES string of the molecule is CCNC(C)C1(CC2CSc3ccccc32)CC1. The van der Waals surface area contributed by atoms with Crippen LogP contribution < -0.4 is 5.32 Å². The quantitative estimate of drug-likeness (QED) is 0.858. The first kappa shape index (κ1) is 12.6. The molecule has 2 unspecified atom stereocenters. The Hall–Kier alpha value is -0.470. The Balaban J connectivity index is 1.71. The van der Waals surface area contributed by atoms with E-state index in [1.54, 1.807) is 5.56 Å². The van der Waals surface area contributed by atoms with E-state index < -0.39 is 0 Å². The van der Waals surface area contributed by atoms with Gasteiger partial charge in [-0.25, -0.2) is 0 Å². The van der Waals surface area contributed by atoms with Gasteiger partial charge in [0.15, 0.2) is 0 Å². The van der Waals surface area contributed by atoms with Gasteiger partial charge >= 0.3 is 0 Å². The van der Waals surface area contributed by atoms with E-state index in [0.717, 1.165) is 12.5 Å². The maximum absolute atomic E-state index is 3.64. The van der Waals surface area contributed by atoms with Gasteiger partial charge in [0, 0.05) is 16.7 Å². The van der Waals surface area contributed by atoms with E-state index >= 15 is 0 Å². The van der Waals surface area contributed by atoms with Crippen molar-refractivity contribution in [2.75, 3.05) is 12.3 Å². The van der Waals surface area contributed by atoms with Gasteiger partial charge in [0.1, 0.15) is 0 Å². The van der Waals surface area contributed by atoms with Crippen LogP contribution in [-0.2, 0) is 0 Å². The Morgan fingerprint density at radius 2 is 2.17 bits per heavy atom. The molecule has 1 aliphatic carbocycles. The molecule has 18 heavy (non-hydrogen) atoms. The van der Waals surface area contributed by atoms with Crippen molar-refractivity contribution in [3.8, 4) is 0 Å². The molecule has 1 aromatic carbocycles. The Morgan fingerprint density at radius 3 is 2.89 bits per heavy atom. The predicted octanol–water partition coefficient (Wildman–Crippen LogP) is 4.04. The number of nitrogens with one attached hydrogen (secondary N) is 1. The number of rotatable bonds is 5. The summed E-state index contributed by atoms with van der Waals surface area (Å²) < 4.78 is 0. The summed E-state index contributed by atoms with van der Waals surface area (Å²) in [6.07, 6.45) is 4.22. The first-order chi connectivity index (χ1) is 8.75. The molecule has 0 aromatic heterocycles. The fourth-order valence-electron chi connectivity index (χ4n) is 3.39. The van der Waals surface area contributed by atoms with Crippen molar-refractivity contribution in [2.45, 2.75) is 50.0 Å². The number of benzene rings is 1. The number of thioether (sulfide) groups is 1. The highest BCUT2D eigenvalue weighted by Crippen LogP contribution is 2.57. The van der Waals surface area contributed by atoms with Crippen molar-refractivity contribution < 1.29 is 0 Å². The van der Waals surface area contributed by atoms with Crippen LogP contribution in [0.5, 0.6) is 0 Å². The Bertz CT molecular complexity index is 425. The maximum atomic E-state index is 3.64. The zero-order valence-electron chi connectivity index (χ0n) is 11.4. The van der Waals surface area contributed by atoms with Gasteiger partial charge in [-0.2, -0.15) is 0 Å². The van der Waals surface area contributed by atoms with E-state index in [0.29, 0.717) is 11.5 Å². The van der Waals surface area contributed by atoms with Crippen LogP contribution >= 0.6 is 11.8 Å². The van der Waals surface area contributed by atoms with Gasteiger partial charge in [-0.3, -0.25) is 0 Å². The van der Waals surface area contributed by atoms with E-state index in [9.17, 15) is 0 Å². The van der Waals surface area contributed by atoms with E-state index in [4.69, 9.17) is 0 Å². The fraction of sp³-hybridized carbons (Fsp3) is 0.625. The third-order valence-corrected chi connectivity index (χ3v) is 6.02. The molecule has 0 amide bonds. The van der Waals surface area contributed by atoms with Crippen molar-refractivity contribution in [1.29, 1.82) is 0 Å². The highest BCUT2D eigenvalue weighted by atomic mass is 32.2. The predicted molar refractivity (Wildman–Crippen MR) is 79.3 cm³/mol. The number of fused-ring (bicyclic) bond motifs is 1.